The number of hydrogen-bond acceptors (Lipinski definition) is 3. The molecule has 1 aromatic rings. The van der Waals surface area contributed by atoms with Crippen LogP contribution in [0.4, 0.5) is 18.9 Å². The van der Waals surface area contributed by atoms with Gasteiger partial charge in [-0.1, -0.05) is 27.4 Å². The zero-order valence-electron chi connectivity index (χ0n) is 14.8. The minimum absolute atomic E-state index is 0.210. The highest BCUT2D eigenvalue weighted by atomic mass is 19.1. The summed E-state index contributed by atoms with van der Waals surface area (Å²) in [5, 5.41) is 2.42. The molecule has 1 unspecified atom stereocenters. The molecule has 25 heavy (non-hydrogen) atoms. The SMILES string of the molecule is C/C(F)=C(\CF)C1C(=O)Nc2cnccc2C1=O.C=C(F)CC.CC. The molecule has 1 aliphatic rings. The van der Waals surface area contributed by atoms with Gasteiger partial charge in [0.1, 0.15) is 12.6 Å². The van der Waals surface area contributed by atoms with Gasteiger partial charge in [-0.05, 0) is 19.4 Å². The van der Waals surface area contributed by atoms with E-state index in [1.165, 1.54) is 18.5 Å². The summed E-state index contributed by atoms with van der Waals surface area (Å²) in [4.78, 5) is 27.6. The van der Waals surface area contributed by atoms with Crippen molar-refractivity contribution < 1.29 is 22.8 Å². The number of amides is 1. The number of aromatic nitrogens is 1. The molecular weight excluding hydrogens is 333 g/mol. The number of halogens is 3. The molecule has 1 aliphatic heterocycles. The first-order chi connectivity index (χ1) is 11.8. The summed E-state index contributed by atoms with van der Waals surface area (Å²) in [5.41, 5.74) is 0.0419. The second kappa shape index (κ2) is 11.2. The fourth-order valence-corrected chi connectivity index (χ4v) is 1.87. The Kier molecular flexibility index (Phi) is 10.1. The number of carbonyl (C=O) groups excluding carboxylic acids is 2. The Morgan fingerprint density at radius 3 is 2.32 bits per heavy atom. The molecule has 0 aromatic carbocycles. The number of nitrogens with zero attached hydrogens (tertiary/aromatic N) is 1. The number of Topliss-reactive ketones (excluding diaryl/α,β-unsaturated/α-hetero) is 1. The lowest BCUT2D eigenvalue weighted by Crippen LogP contribution is -2.37. The minimum atomic E-state index is -1.44. The van der Waals surface area contributed by atoms with Crippen molar-refractivity contribution in [2.45, 2.75) is 34.1 Å². The lowest BCUT2D eigenvalue weighted by molar-refractivity contribution is -0.118. The third-order valence-corrected chi connectivity index (χ3v) is 3.19. The maximum atomic E-state index is 13.2. The van der Waals surface area contributed by atoms with E-state index in [9.17, 15) is 22.8 Å². The van der Waals surface area contributed by atoms with Crippen LogP contribution in [0, 0.1) is 5.92 Å². The molecule has 0 aliphatic carbocycles. The van der Waals surface area contributed by atoms with Gasteiger partial charge in [0.2, 0.25) is 5.91 Å². The summed E-state index contributed by atoms with van der Waals surface area (Å²) in [7, 11) is 0. The first-order valence-corrected chi connectivity index (χ1v) is 7.86. The van der Waals surface area contributed by atoms with Crippen molar-refractivity contribution in [3.05, 3.63) is 47.8 Å². The summed E-state index contributed by atoms with van der Waals surface area (Å²) in [6, 6.07) is 1.41. The molecule has 1 N–H and O–H groups in total. The number of rotatable bonds is 3. The average Bonchev–Trinajstić information content (AvgIpc) is 2.60. The van der Waals surface area contributed by atoms with E-state index in [2.05, 4.69) is 16.9 Å². The van der Waals surface area contributed by atoms with Gasteiger partial charge < -0.3 is 5.32 Å². The standard InChI is InChI=1S/C12H10F2N2O2.C4H7F.C2H6/c1-6(14)8(4-13)10-11(17)7-2-3-15-5-9(7)16-12(10)18;1-3-4(2)5;1-2/h2-3,5,10H,4H2,1H3,(H,16,18);2-3H2,1H3;1-2H3/b8-6-;;. The second-order valence-corrected chi connectivity index (χ2v) is 4.77. The minimum Gasteiger partial charge on any atom is -0.323 e. The summed E-state index contributed by atoms with van der Waals surface area (Å²) >= 11 is 0. The van der Waals surface area contributed by atoms with Crippen LogP contribution in [0.3, 0.4) is 0 Å². The van der Waals surface area contributed by atoms with Crippen LogP contribution in [0.25, 0.3) is 0 Å². The van der Waals surface area contributed by atoms with E-state index in [0.29, 0.717) is 6.42 Å². The maximum absolute atomic E-state index is 13.2. The number of hydrogen-bond donors (Lipinski definition) is 1. The van der Waals surface area contributed by atoms with Crippen molar-refractivity contribution in [1.82, 2.24) is 4.98 Å². The van der Waals surface area contributed by atoms with Crippen molar-refractivity contribution in [2.24, 2.45) is 5.92 Å². The molecular formula is C18H23F3N2O2. The summed E-state index contributed by atoms with van der Waals surface area (Å²) < 4.78 is 37.2. The largest absolute Gasteiger partial charge is 0.323 e. The number of anilines is 1. The van der Waals surface area contributed by atoms with Crippen LogP contribution in [0.1, 0.15) is 44.5 Å². The van der Waals surface area contributed by atoms with Gasteiger partial charge in [0.15, 0.2) is 5.78 Å². The number of pyridine rings is 1. The fourth-order valence-electron chi connectivity index (χ4n) is 1.87. The number of carbonyl (C=O) groups is 2. The molecule has 0 radical (unpaired) electrons. The molecule has 2 rings (SSSR count). The Bertz CT molecular complexity index is 653. The zero-order chi connectivity index (χ0) is 19.6. The molecule has 4 nitrogen and oxygen atoms in total. The molecule has 0 saturated carbocycles. The number of allylic oxidation sites excluding steroid dienone is 2. The number of fused-ring (bicyclic) bond motifs is 1. The topological polar surface area (TPSA) is 59.1 Å². The molecule has 2 heterocycles. The number of ketones is 1. The molecule has 7 heteroatoms. The van der Waals surface area contributed by atoms with E-state index in [1.54, 1.807) is 6.92 Å². The van der Waals surface area contributed by atoms with Crippen LogP contribution < -0.4 is 5.32 Å². The first kappa shape index (κ1) is 22.6. The fraction of sp³-hybridized carbons (Fsp3) is 0.389. The van der Waals surface area contributed by atoms with Crippen LogP contribution in [0.5, 0.6) is 0 Å². The third kappa shape index (κ3) is 6.17. The van der Waals surface area contributed by atoms with Crippen molar-refractivity contribution in [3.63, 3.8) is 0 Å². The number of alkyl halides is 1. The summed E-state index contributed by atoms with van der Waals surface area (Å²) in [5.74, 6) is -3.87. The molecule has 1 aromatic heterocycles. The van der Waals surface area contributed by atoms with E-state index in [0.717, 1.165) is 6.92 Å². The average molecular weight is 356 g/mol. The van der Waals surface area contributed by atoms with E-state index >= 15 is 0 Å². The Morgan fingerprint density at radius 2 is 1.88 bits per heavy atom. The van der Waals surface area contributed by atoms with Gasteiger partial charge >= 0.3 is 0 Å². The molecule has 1 amide bonds. The van der Waals surface area contributed by atoms with E-state index in [-0.39, 0.29) is 17.1 Å². The van der Waals surface area contributed by atoms with E-state index in [1.807, 2.05) is 13.8 Å². The lowest BCUT2D eigenvalue weighted by atomic mass is 9.86. The van der Waals surface area contributed by atoms with Gasteiger partial charge in [0, 0.05) is 17.3 Å². The van der Waals surface area contributed by atoms with E-state index < -0.39 is 35.7 Å². The highest BCUT2D eigenvalue weighted by molar-refractivity contribution is 6.22. The second-order valence-electron chi connectivity index (χ2n) is 4.77. The van der Waals surface area contributed by atoms with Crippen LogP contribution in [0.15, 0.2) is 42.3 Å². The molecule has 0 bridgehead atoms. The van der Waals surface area contributed by atoms with Crippen molar-refractivity contribution >= 4 is 17.4 Å². The zero-order valence-corrected chi connectivity index (χ0v) is 14.8. The Balaban J connectivity index is 0.000000710. The van der Waals surface area contributed by atoms with Crippen molar-refractivity contribution in [1.29, 1.82) is 0 Å². The van der Waals surface area contributed by atoms with Gasteiger partial charge in [0.05, 0.1) is 23.5 Å². The molecule has 0 saturated heterocycles. The van der Waals surface area contributed by atoms with Crippen LogP contribution >= 0.6 is 0 Å². The van der Waals surface area contributed by atoms with Gasteiger partial charge in [-0.3, -0.25) is 14.6 Å². The monoisotopic (exact) mass is 356 g/mol. The van der Waals surface area contributed by atoms with Gasteiger partial charge in [-0.15, -0.1) is 0 Å². The molecule has 138 valence electrons. The van der Waals surface area contributed by atoms with Gasteiger partial charge in [-0.2, -0.15) is 0 Å². The van der Waals surface area contributed by atoms with Crippen LogP contribution in [0.2, 0.25) is 0 Å². The smallest absolute Gasteiger partial charge is 0.239 e. The summed E-state index contributed by atoms with van der Waals surface area (Å²) in [6.07, 6.45) is 3.15. The number of nitrogens with one attached hydrogen (secondary N) is 1. The highest BCUT2D eigenvalue weighted by Crippen LogP contribution is 2.30. The van der Waals surface area contributed by atoms with Crippen LogP contribution in [-0.2, 0) is 4.79 Å². The predicted molar refractivity (Wildman–Crippen MR) is 92.4 cm³/mol. The molecule has 0 spiro atoms. The van der Waals surface area contributed by atoms with Crippen LogP contribution in [-0.4, -0.2) is 23.3 Å². The van der Waals surface area contributed by atoms with E-state index in [4.69, 9.17) is 0 Å². The van der Waals surface area contributed by atoms with Crippen molar-refractivity contribution in [3.8, 4) is 0 Å². The Hall–Kier alpha value is -2.44. The highest BCUT2D eigenvalue weighted by Gasteiger charge is 2.38. The van der Waals surface area contributed by atoms with Gasteiger partial charge in [0.25, 0.3) is 0 Å². The lowest BCUT2D eigenvalue weighted by Gasteiger charge is -2.24. The third-order valence-electron chi connectivity index (χ3n) is 3.19. The summed E-state index contributed by atoms with van der Waals surface area (Å²) in [6.45, 7) is 8.58. The Morgan fingerprint density at radius 1 is 1.32 bits per heavy atom. The Labute approximate surface area is 145 Å². The maximum Gasteiger partial charge on any atom is 0.239 e. The van der Waals surface area contributed by atoms with Crippen molar-refractivity contribution in [2.75, 3.05) is 12.0 Å². The van der Waals surface area contributed by atoms with Gasteiger partial charge in [-0.25, -0.2) is 13.2 Å². The first-order valence-electron chi connectivity index (χ1n) is 7.86. The normalized spacial score (nSPS) is 16.2. The predicted octanol–water partition coefficient (Wildman–Crippen LogP) is 4.95. The molecule has 0 fully saturated rings. The quantitative estimate of drug-likeness (QED) is 0.780. The molecule has 1 atom stereocenters.